The van der Waals surface area contributed by atoms with E-state index in [2.05, 4.69) is 42.9 Å². The molecular formula is C27H21BrClN5O2S. The summed E-state index contributed by atoms with van der Waals surface area (Å²) < 4.78 is 0.912. The Labute approximate surface area is 232 Å². The number of pyridine rings is 1. The highest BCUT2D eigenvalue weighted by Gasteiger charge is 2.34. The Morgan fingerprint density at radius 3 is 2.32 bits per heavy atom. The van der Waals surface area contributed by atoms with Crippen LogP contribution in [-0.4, -0.2) is 22.6 Å². The van der Waals surface area contributed by atoms with Crippen LogP contribution in [0.15, 0.2) is 99.4 Å². The molecule has 1 aromatic heterocycles. The second-order valence-electron chi connectivity index (χ2n) is 8.04. The molecule has 186 valence electrons. The molecule has 2 heterocycles. The lowest BCUT2D eigenvalue weighted by molar-refractivity contribution is -0.114. The number of hydrogen-bond donors (Lipinski definition) is 3. The van der Waals surface area contributed by atoms with Gasteiger partial charge in [-0.25, -0.2) is 0 Å². The standard InChI is InChI=1S/C27H21BrClN5O2S/c1-16-24(26(36)34-21-8-4-19(29)5-9-21)25(17-10-12-31-13-11-17)22(14-30)27(32-16)37-15-23(35)33-20-6-2-18(28)3-7-20/h2-13,25,32H,15H2,1H3,(H,33,35)(H,34,36)/t25-/m0/s1. The van der Waals surface area contributed by atoms with Gasteiger partial charge in [0.05, 0.1) is 28.3 Å². The maximum absolute atomic E-state index is 13.4. The van der Waals surface area contributed by atoms with Crippen LogP contribution in [0.2, 0.25) is 5.02 Å². The highest BCUT2D eigenvalue weighted by atomic mass is 79.9. The lowest BCUT2D eigenvalue weighted by atomic mass is 9.82. The highest BCUT2D eigenvalue weighted by molar-refractivity contribution is 9.10. The van der Waals surface area contributed by atoms with Gasteiger partial charge in [-0.15, -0.1) is 0 Å². The zero-order valence-electron chi connectivity index (χ0n) is 19.6. The third kappa shape index (κ3) is 6.60. The van der Waals surface area contributed by atoms with E-state index in [0.29, 0.717) is 38.3 Å². The third-order valence-corrected chi connectivity index (χ3v) is 7.31. The van der Waals surface area contributed by atoms with Crippen LogP contribution < -0.4 is 16.0 Å². The minimum absolute atomic E-state index is 0.0756. The maximum Gasteiger partial charge on any atom is 0.254 e. The smallest absolute Gasteiger partial charge is 0.254 e. The lowest BCUT2D eigenvalue weighted by Gasteiger charge is -2.29. The zero-order valence-corrected chi connectivity index (χ0v) is 22.7. The summed E-state index contributed by atoms with van der Waals surface area (Å²) in [6, 6.07) is 19.9. The molecule has 0 bridgehead atoms. The van der Waals surface area contributed by atoms with Gasteiger partial charge in [-0.05, 0) is 73.2 Å². The normalized spacial score (nSPS) is 15.0. The van der Waals surface area contributed by atoms with Crippen molar-refractivity contribution in [1.82, 2.24) is 10.3 Å². The Morgan fingerprint density at radius 1 is 1.05 bits per heavy atom. The second kappa shape index (κ2) is 12.1. The van der Waals surface area contributed by atoms with Crippen LogP contribution in [0.1, 0.15) is 18.4 Å². The molecule has 1 aliphatic heterocycles. The average Bonchev–Trinajstić information content (AvgIpc) is 2.90. The molecule has 0 saturated heterocycles. The number of carbonyl (C=O) groups excluding carboxylic acids is 2. The molecule has 1 aliphatic rings. The SMILES string of the molecule is CC1=C(C(=O)Nc2ccc(Cl)cc2)[C@@H](c2ccncc2)C(C#N)=C(SCC(=O)Nc2ccc(Br)cc2)N1. The van der Waals surface area contributed by atoms with E-state index in [0.717, 1.165) is 10.0 Å². The van der Waals surface area contributed by atoms with Crippen molar-refractivity contribution in [1.29, 1.82) is 5.26 Å². The summed E-state index contributed by atoms with van der Waals surface area (Å²) in [4.78, 5) is 30.1. The fourth-order valence-electron chi connectivity index (χ4n) is 3.82. The van der Waals surface area contributed by atoms with Crippen LogP contribution in [0.3, 0.4) is 0 Å². The van der Waals surface area contributed by atoms with Crippen molar-refractivity contribution in [2.45, 2.75) is 12.8 Å². The topological polar surface area (TPSA) is 107 Å². The van der Waals surface area contributed by atoms with Gasteiger partial charge in [-0.1, -0.05) is 39.3 Å². The summed E-state index contributed by atoms with van der Waals surface area (Å²) in [5.41, 5.74) is 3.33. The number of nitrogens with zero attached hydrogens (tertiary/aromatic N) is 2. The molecule has 0 spiro atoms. The van der Waals surface area contributed by atoms with Crippen LogP contribution in [0.25, 0.3) is 0 Å². The number of nitriles is 1. The van der Waals surface area contributed by atoms with Gasteiger partial charge in [0.1, 0.15) is 0 Å². The van der Waals surface area contributed by atoms with Crippen LogP contribution in [0, 0.1) is 11.3 Å². The molecular weight excluding hydrogens is 574 g/mol. The average molecular weight is 595 g/mol. The summed E-state index contributed by atoms with van der Waals surface area (Å²) in [6.07, 6.45) is 3.24. The number of allylic oxidation sites excluding steroid dienone is 2. The largest absolute Gasteiger partial charge is 0.353 e. The molecule has 0 fully saturated rings. The number of aromatic nitrogens is 1. The Balaban J connectivity index is 1.60. The molecule has 0 unspecified atom stereocenters. The van der Waals surface area contributed by atoms with E-state index in [4.69, 9.17) is 11.6 Å². The summed E-state index contributed by atoms with van der Waals surface area (Å²) in [5, 5.41) is 20.2. The number of rotatable bonds is 7. The van der Waals surface area contributed by atoms with Crippen molar-refractivity contribution < 1.29 is 9.59 Å². The maximum atomic E-state index is 13.4. The van der Waals surface area contributed by atoms with E-state index >= 15 is 0 Å². The van der Waals surface area contributed by atoms with Crippen molar-refractivity contribution in [3.8, 4) is 6.07 Å². The monoisotopic (exact) mass is 593 g/mol. The van der Waals surface area contributed by atoms with Gasteiger partial charge in [0.15, 0.2) is 0 Å². The van der Waals surface area contributed by atoms with E-state index in [1.165, 1.54) is 11.8 Å². The van der Waals surface area contributed by atoms with Gasteiger partial charge in [0.25, 0.3) is 5.91 Å². The van der Waals surface area contributed by atoms with Crippen molar-refractivity contribution in [2.75, 3.05) is 16.4 Å². The first-order chi connectivity index (χ1) is 17.9. The zero-order chi connectivity index (χ0) is 26.4. The fraction of sp³-hybridized carbons (Fsp3) is 0.111. The first-order valence-corrected chi connectivity index (χ1v) is 13.3. The number of halogens is 2. The minimum Gasteiger partial charge on any atom is -0.353 e. The van der Waals surface area contributed by atoms with E-state index in [1.807, 2.05) is 12.1 Å². The van der Waals surface area contributed by atoms with Gasteiger partial charge >= 0.3 is 0 Å². The molecule has 7 nitrogen and oxygen atoms in total. The molecule has 0 radical (unpaired) electrons. The Kier molecular flexibility index (Phi) is 8.66. The summed E-state index contributed by atoms with van der Waals surface area (Å²) in [5.74, 6) is -1.13. The van der Waals surface area contributed by atoms with E-state index in [-0.39, 0.29) is 17.6 Å². The lowest BCUT2D eigenvalue weighted by Crippen LogP contribution is -2.31. The number of hydrogen-bond acceptors (Lipinski definition) is 6. The van der Waals surface area contributed by atoms with Crippen LogP contribution in [0.4, 0.5) is 11.4 Å². The number of thioether (sulfide) groups is 1. The van der Waals surface area contributed by atoms with Gasteiger partial charge in [0.2, 0.25) is 5.91 Å². The van der Waals surface area contributed by atoms with Crippen molar-refractivity contribution in [2.24, 2.45) is 0 Å². The van der Waals surface area contributed by atoms with E-state index < -0.39 is 5.92 Å². The Morgan fingerprint density at radius 2 is 1.68 bits per heavy atom. The first-order valence-electron chi connectivity index (χ1n) is 11.1. The number of benzene rings is 2. The molecule has 0 saturated carbocycles. The number of amides is 2. The van der Waals surface area contributed by atoms with E-state index in [1.54, 1.807) is 67.8 Å². The molecule has 3 N–H and O–H groups in total. The molecule has 2 aromatic carbocycles. The predicted octanol–water partition coefficient (Wildman–Crippen LogP) is 6.20. The molecule has 3 aromatic rings. The molecule has 2 amide bonds. The molecule has 37 heavy (non-hydrogen) atoms. The molecule has 1 atom stereocenters. The van der Waals surface area contributed by atoms with Crippen molar-refractivity contribution >= 4 is 62.5 Å². The molecule has 10 heteroatoms. The Hall–Kier alpha value is -3.58. The second-order valence-corrected chi connectivity index (χ2v) is 10.4. The van der Waals surface area contributed by atoms with Crippen LogP contribution in [0.5, 0.6) is 0 Å². The first kappa shape index (κ1) is 26.5. The predicted molar refractivity (Wildman–Crippen MR) is 151 cm³/mol. The van der Waals surface area contributed by atoms with Gasteiger partial charge in [0, 0.05) is 44.5 Å². The van der Waals surface area contributed by atoms with E-state index in [9.17, 15) is 14.9 Å². The fourth-order valence-corrected chi connectivity index (χ4v) is 5.10. The summed E-state index contributed by atoms with van der Waals surface area (Å²) in [7, 11) is 0. The molecule has 0 aliphatic carbocycles. The van der Waals surface area contributed by atoms with Crippen molar-refractivity contribution in [3.05, 3.63) is 110 Å². The number of dihydropyridines is 1. The van der Waals surface area contributed by atoms with Crippen LogP contribution >= 0.6 is 39.3 Å². The number of anilines is 2. The minimum atomic E-state index is -0.640. The summed E-state index contributed by atoms with van der Waals surface area (Å²) >= 11 is 10.6. The van der Waals surface area contributed by atoms with Gasteiger partial charge < -0.3 is 16.0 Å². The summed E-state index contributed by atoms with van der Waals surface area (Å²) in [6.45, 7) is 1.78. The molecule has 4 rings (SSSR count). The number of carbonyl (C=O) groups is 2. The van der Waals surface area contributed by atoms with Crippen molar-refractivity contribution in [3.63, 3.8) is 0 Å². The highest BCUT2D eigenvalue weighted by Crippen LogP contribution is 2.40. The van der Waals surface area contributed by atoms with Gasteiger partial charge in [-0.3, -0.25) is 14.6 Å². The quantitative estimate of drug-likeness (QED) is 0.301. The Bertz CT molecular complexity index is 1420. The number of nitrogens with one attached hydrogen (secondary N) is 3. The van der Waals surface area contributed by atoms with Gasteiger partial charge in [-0.2, -0.15) is 5.26 Å². The van der Waals surface area contributed by atoms with Crippen LogP contribution in [-0.2, 0) is 9.59 Å². The third-order valence-electron chi connectivity index (χ3n) is 5.51.